The van der Waals surface area contributed by atoms with E-state index in [-0.39, 0.29) is 11.7 Å². The molecule has 2 nitrogen and oxygen atoms in total. The van der Waals surface area contributed by atoms with Crippen molar-refractivity contribution in [3.05, 3.63) is 0 Å². The van der Waals surface area contributed by atoms with Crippen LogP contribution < -0.4 is 0 Å². The van der Waals surface area contributed by atoms with Crippen molar-refractivity contribution in [2.45, 2.75) is 91.6 Å². The van der Waals surface area contributed by atoms with Gasteiger partial charge in [0, 0.05) is 0 Å². The Kier molecular flexibility index (Phi) is 2.44. The largest absolute Gasteiger partial charge is 0.344 e. The van der Waals surface area contributed by atoms with E-state index in [9.17, 15) is 0 Å². The molecule has 5 unspecified atom stereocenters. The van der Waals surface area contributed by atoms with E-state index in [0.717, 1.165) is 12.3 Å². The molecule has 4 rings (SSSR count). The summed E-state index contributed by atoms with van der Waals surface area (Å²) in [7, 11) is 0. The van der Waals surface area contributed by atoms with Gasteiger partial charge in [0.05, 0.1) is 11.7 Å². The van der Waals surface area contributed by atoms with Gasteiger partial charge in [0.2, 0.25) is 0 Å². The highest BCUT2D eigenvalue weighted by Crippen LogP contribution is 2.78. The number of rotatable bonds is 0. The van der Waals surface area contributed by atoms with Gasteiger partial charge in [-0.15, -0.1) is 0 Å². The predicted octanol–water partition coefficient (Wildman–Crippen LogP) is 4.77. The van der Waals surface area contributed by atoms with E-state index in [0.29, 0.717) is 22.2 Å². The number of fused-ring (bicyclic) bond motifs is 3. The molecule has 3 saturated carbocycles. The Bertz CT molecular complexity index is 492. The van der Waals surface area contributed by atoms with Crippen LogP contribution in [0.25, 0.3) is 0 Å². The third kappa shape index (κ3) is 1.52. The molecule has 1 spiro atoms. The fraction of sp³-hybridized carbons (Fsp3) is 1.00. The highest BCUT2D eigenvalue weighted by molar-refractivity contribution is 5.23. The molecule has 0 N–H and O–H groups in total. The smallest absolute Gasteiger partial charge is 0.164 e. The molecule has 21 heavy (non-hydrogen) atoms. The topological polar surface area (TPSA) is 18.5 Å². The monoisotopic (exact) mass is 292 g/mol. The standard InChI is InChI=1S/C19H32O2/c1-15(2)11-18(7)14(20-17(5,6)21-18)13-16(3,4)12-8-9-19(13,15)10-12/h12-14H,8-11H2,1-7H3. The molecule has 3 aliphatic carbocycles. The second-order valence-corrected chi connectivity index (χ2v) is 10.3. The van der Waals surface area contributed by atoms with E-state index in [2.05, 4.69) is 48.5 Å². The molecule has 1 saturated heterocycles. The molecule has 1 aliphatic heterocycles. The maximum Gasteiger partial charge on any atom is 0.164 e. The molecular weight excluding hydrogens is 260 g/mol. The lowest BCUT2D eigenvalue weighted by molar-refractivity contribution is -0.176. The van der Waals surface area contributed by atoms with E-state index in [1.807, 2.05) is 0 Å². The maximum atomic E-state index is 6.52. The van der Waals surface area contributed by atoms with E-state index < -0.39 is 5.79 Å². The molecule has 0 aromatic rings. The minimum absolute atomic E-state index is 0.120. The molecule has 4 fully saturated rings. The van der Waals surface area contributed by atoms with Crippen molar-refractivity contribution < 1.29 is 9.47 Å². The van der Waals surface area contributed by atoms with E-state index in [1.165, 1.54) is 19.3 Å². The van der Waals surface area contributed by atoms with Gasteiger partial charge in [-0.1, -0.05) is 27.7 Å². The van der Waals surface area contributed by atoms with Crippen LogP contribution in [0.5, 0.6) is 0 Å². The summed E-state index contributed by atoms with van der Waals surface area (Å²) in [5, 5.41) is 0. The summed E-state index contributed by atoms with van der Waals surface area (Å²) < 4.78 is 13.0. The lowest BCUT2D eigenvalue weighted by atomic mass is 9.45. The van der Waals surface area contributed by atoms with Gasteiger partial charge < -0.3 is 9.47 Å². The van der Waals surface area contributed by atoms with Crippen LogP contribution >= 0.6 is 0 Å². The van der Waals surface area contributed by atoms with Gasteiger partial charge in [0.15, 0.2) is 5.79 Å². The highest BCUT2D eigenvalue weighted by atomic mass is 16.8. The van der Waals surface area contributed by atoms with Gasteiger partial charge in [-0.05, 0) is 74.5 Å². The first-order valence-electron chi connectivity index (χ1n) is 8.82. The van der Waals surface area contributed by atoms with Crippen molar-refractivity contribution in [1.82, 2.24) is 0 Å². The lowest BCUT2D eigenvalue weighted by Crippen LogP contribution is -2.62. The number of hydrogen-bond donors (Lipinski definition) is 0. The summed E-state index contributed by atoms with van der Waals surface area (Å²) in [5.74, 6) is 1.08. The summed E-state index contributed by atoms with van der Waals surface area (Å²) in [6.45, 7) is 16.5. The first kappa shape index (κ1) is 14.5. The van der Waals surface area contributed by atoms with Crippen molar-refractivity contribution in [3.8, 4) is 0 Å². The molecule has 0 amide bonds. The fourth-order valence-corrected chi connectivity index (χ4v) is 7.36. The second-order valence-electron chi connectivity index (χ2n) is 10.3. The van der Waals surface area contributed by atoms with Crippen LogP contribution in [-0.2, 0) is 9.47 Å². The zero-order valence-electron chi connectivity index (χ0n) is 14.9. The van der Waals surface area contributed by atoms with E-state index in [4.69, 9.17) is 9.47 Å². The Morgan fingerprint density at radius 3 is 2.29 bits per heavy atom. The van der Waals surface area contributed by atoms with Gasteiger partial charge in [-0.25, -0.2) is 0 Å². The number of ether oxygens (including phenoxy) is 2. The van der Waals surface area contributed by atoms with E-state index in [1.54, 1.807) is 0 Å². The Morgan fingerprint density at radius 2 is 1.62 bits per heavy atom. The summed E-state index contributed by atoms with van der Waals surface area (Å²) in [6.07, 6.45) is 5.62. The fourth-order valence-electron chi connectivity index (χ4n) is 7.36. The van der Waals surface area contributed by atoms with Gasteiger partial charge in [0.25, 0.3) is 0 Å². The Hall–Kier alpha value is -0.0800. The second kappa shape index (κ2) is 3.53. The van der Waals surface area contributed by atoms with Crippen LogP contribution in [0, 0.1) is 28.1 Å². The first-order valence-corrected chi connectivity index (χ1v) is 8.82. The molecular formula is C19H32O2. The van der Waals surface area contributed by atoms with Crippen molar-refractivity contribution in [2.24, 2.45) is 28.1 Å². The van der Waals surface area contributed by atoms with Crippen molar-refractivity contribution in [1.29, 1.82) is 0 Å². The predicted molar refractivity (Wildman–Crippen MR) is 83.9 cm³/mol. The van der Waals surface area contributed by atoms with Crippen molar-refractivity contribution >= 4 is 0 Å². The molecule has 2 heteroatoms. The van der Waals surface area contributed by atoms with Gasteiger partial charge in [-0.3, -0.25) is 0 Å². The average Bonchev–Trinajstić information content (AvgIpc) is 2.84. The summed E-state index contributed by atoms with van der Waals surface area (Å²) in [6, 6.07) is 0. The number of hydrogen-bond acceptors (Lipinski definition) is 2. The molecule has 5 atom stereocenters. The zero-order valence-corrected chi connectivity index (χ0v) is 14.9. The highest BCUT2D eigenvalue weighted by Gasteiger charge is 2.75. The molecule has 0 aromatic carbocycles. The Balaban J connectivity index is 1.87. The zero-order chi connectivity index (χ0) is 15.5. The van der Waals surface area contributed by atoms with Crippen LogP contribution in [0.1, 0.15) is 74.1 Å². The normalized spacial score (nSPS) is 55.3. The lowest BCUT2D eigenvalue weighted by Gasteiger charge is -2.61. The molecule has 0 radical (unpaired) electrons. The molecule has 2 bridgehead atoms. The SMILES string of the molecule is CC1(C)OC2C3C(C)(C)C4CCC3(C4)C(C)(C)CC2(C)O1. The molecule has 1 heterocycles. The van der Waals surface area contributed by atoms with Gasteiger partial charge in [-0.2, -0.15) is 0 Å². The van der Waals surface area contributed by atoms with Gasteiger partial charge in [0.1, 0.15) is 0 Å². The summed E-state index contributed by atoms with van der Waals surface area (Å²) in [5.41, 5.74) is 1.07. The van der Waals surface area contributed by atoms with Crippen LogP contribution in [0.15, 0.2) is 0 Å². The van der Waals surface area contributed by atoms with Crippen LogP contribution in [0.2, 0.25) is 0 Å². The molecule has 120 valence electrons. The first-order chi connectivity index (χ1) is 9.44. The summed E-state index contributed by atoms with van der Waals surface area (Å²) >= 11 is 0. The third-order valence-electron chi connectivity index (χ3n) is 7.93. The summed E-state index contributed by atoms with van der Waals surface area (Å²) in [4.78, 5) is 0. The van der Waals surface area contributed by atoms with E-state index >= 15 is 0 Å². The van der Waals surface area contributed by atoms with Crippen LogP contribution in [0.3, 0.4) is 0 Å². The maximum absolute atomic E-state index is 6.52. The minimum Gasteiger partial charge on any atom is -0.344 e. The quantitative estimate of drug-likeness (QED) is 0.640. The van der Waals surface area contributed by atoms with Crippen LogP contribution in [0.4, 0.5) is 0 Å². The van der Waals surface area contributed by atoms with Crippen molar-refractivity contribution in [2.75, 3.05) is 0 Å². The minimum atomic E-state index is -0.432. The van der Waals surface area contributed by atoms with Crippen LogP contribution in [-0.4, -0.2) is 17.5 Å². The van der Waals surface area contributed by atoms with Gasteiger partial charge >= 0.3 is 0 Å². The van der Waals surface area contributed by atoms with Crippen molar-refractivity contribution in [3.63, 3.8) is 0 Å². The Labute approximate surface area is 130 Å². The third-order valence-corrected chi connectivity index (χ3v) is 7.93. The molecule has 0 aromatic heterocycles. The Morgan fingerprint density at radius 1 is 0.952 bits per heavy atom. The average molecular weight is 292 g/mol. The molecule has 4 aliphatic rings.